The number of rotatable bonds is 6. The van der Waals surface area contributed by atoms with E-state index in [2.05, 4.69) is 4.90 Å². The summed E-state index contributed by atoms with van der Waals surface area (Å²) in [6, 6.07) is 9.04. The Bertz CT molecular complexity index is 1220. The van der Waals surface area contributed by atoms with Crippen LogP contribution in [-0.4, -0.2) is 46.0 Å². The summed E-state index contributed by atoms with van der Waals surface area (Å²) < 4.78 is 50.0. The summed E-state index contributed by atoms with van der Waals surface area (Å²) in [6.07, 6.45) is 0.891. The Labute approximate surface area is 195 Å². The van der Waals surface area contributed by atoms with Gasteiger partial charge in [-0.3, -0.25) is 0 Å². The predicted molar refractivity (Wildman–Crippen MR) is 124 cm³/mol. The van der Waals surface area contributed by atoms with Crippen LogP contribution in [0.1, 0.15) is 12.8 Å². The normalized spacial score (nSPS) is 15.1. The summed E-state index contributed by atoms with van der Waals surface area (Å²) in [5, 5.41) is 2.17. The highest BCUT2D eigenvalue weighted by molar-refractivity contribution is 7.92. The average Bonchev–Trinajstić information content (AvgIpc) is 3.28. The molecule has 0 unspecified atom stereocenters. The number of anilines is 1. The topological polar surface area (TPSA) is 68.7 Å². The minimum atomic E-state index is -3.64. The molecule has 2 heterocycles. The molecule has 4 rings (SSSR count). The van der Waals surface area contributed by atoms with Crippen molar-refractivity contribution in [3.63, 3.8) is 0 Å². The predicted octanol–water partition coefficient (Wildman–Crippen LogP) is 5.06. The molecule has 0 spiro atoms. The first kappa shape index (κ1) is 22.8. The van der Waals surface area contributed by atoms with E-state index in [4.69, 9.17) is 26.1 Å². The quantitative estimate of drug-likeness (QED) is 0.444. The number of sulfone groups is 1. The van der Waals surface area contributed by atoms with Gasteiger partial charge in [0.2, 0.25) is 0 Å². The molecule has 1 aromatic heterocycles. The van der Waals surface area contributed by atoms with Crippen LogP contribution in [0.3, 0.4) is 0 Å². The summed E-state index contributed by atoms with van der Waals surface area (Å²) in [6.45, 7) is 1.11. The molecule has 0 radical (unpaired) electrons. The van der Waals surface area contributed by atoms with E-state index in [1.165, 1.54) is 17.4 Å². The van der Waals surface area contributed by atoms with Gasteiger partial charge >= 0.3 is 0 Å². The number of piperidine rings is 1. The van der Waals surface area contributed by atoms with Crippen molar-refractivity contribution in [3.05, 3.63) is 52.6 Å². The van der Waals surface area contributed by atoms with E-state index in [1.54, 1.807) is 14.2 Å². The van der Waals surface area contributed by atoms with E-state index < -0.39 is 20.9 Å². The molecular formula is C22H22ClFN2O4S2. The van der Waals surface area contributed by atoms with Gasteiger partial charge in [-0.1, -0.05) is 11.6 Å². The van der Waals surface area contributed by atoms with E-state index in [0.717, 1.165) is 28.5 Å². The maximum atomic E-state index is 13.3. The molecule has 2 aromatic carbocycles. The van der Waals surface area contributed by atoms with Crippen molar-refractivity contribution in [2.75, 3.05) is 32.2 Å². The Morgan fingerprint density at radius 3 is 2.47 bits per heavy atom. The third kappa shape index (κ3) is 4.42. The highest BCUT2D eigenvalue weighted by Gasteiger charge is 2.33. The second-order valence-electron chi connectivity index (χ2n) is 7.39. The molecule has 0 aliphatic carbocycles. The van der Waals surface area contributed by atoms with Gasteiger partial charge in [-0.15, -0.1) is 11.3 Å². The number of aromatic nitrogens is 1. The lowest BCUT2D eigenvalue weighted by molar-refractivity contribution is 0.355. The summed E-state index contributed by atoms with van der Waals surface area (Å²) in [4.78, 5) is 6.82. The number of benzene rings is 2. The van der Waals surface area contributed by atoms with Crippen LogP contribution >= 0.6 is 22.9 Å². The van der Waals surface area contributed by atoms with Crippen molar-refractivity contribution in [2.24, 2.45) is 0 Å². The van der Waals surface area contributed by atoms with Crippen molar-refractivity contribution in [3.8, 4) is 22.8 Å². The molecule has 1 aliphatic rings. The van der Waals surface area contributed by atoms with Gasteiger partial charge in [0.15, 0.2) is 26.5 Å². The largest absolute Gasteiger partial charge is 0.493 e. The van der Waals surface area contributed by atoms with Crippen LogP contribution in [0.2, 0.25) is 5.02 Å². The zero-order valence-corrected chi connectivity index (χ0v) is 19.9. The lowest BCUT2D eigenvalue weighted by Crippen LogP contribution is -2.39. The maximum absolute atomic E-state index is 13.3. The molecule has 170 valence electrons. The van der Waals surface area contributed by atoms with Gasteiger partial charge in [0.25, 0.3) is 0 Å². The van der Waals surface area contributed by atoms with Crippen molar-refractivity contribution < 1.29 is 22.3 Å². The van der Waals surface area contributed by atoms with Crippen molar-refractivity contribution in [1.82, 2.24) is 4.98 Å². The first-order valence-electron chi connectivity index (χ1n) is 9.95. The Kier molecular flexibility index (Phi) is 6.60. The molecule has 1 saturated heterocycles. The van der Waals surface area contributed by atoms with Crippen molar-refractivity contribution in [2.45, 2.75) is 23.0 Å². The van der Waals surface area contributed by atoms with Gasteiger partial charge in [-0.2, -0.15) is 0 Å². The molecule has 1 fully saturated rings. The van der Waals surface area contributed by atoms with Crippen LogP contribution < -0.4 is 14.4 Å². The second-order valence-corrected chi connectivity index (χ2v) is 10.8. The van der Waals surface area contributed by atoms with Crippen LogP contribution in [0.4, 0.5) is 9.52 Å². The Morgan fingerprint density at radius 1 is 1.09 bits per heavy atom. The molecule has 0 atom stereocenters. The van der Waals surface area contributed by atoms with Gasteiger partial charge in [0, 0.05) is 24.0 Å². The fraction of sp³-hybridized carbons (Fsp3) is 0.318. The van der Waals surface area contributed by atoms with Crippen LogP contribution in [0.25, 0.3) is 11.3 Å². The monoisotopic (exact) mass is 496 g/mol. The zero-order chi connectivity index (χ0) is 22.9. The Morgan fingerprint density at radius 2 is 1.81 bits per heavy atom. The fourth-order valence-corrected chi connectivity index (χ4v) is 6.94. The molecule has 3 aromatic rings. The van der Waals surface area contributed by atoms with E-state index in [1.807, 2.05) is 23.6 Å². The molecule has 32 heavy (non-hydrogen) atoms. The number of nitrogens with zero attached hydrogens (tertiary/aromatic N) is 2. The highest BCUT2D eigenvalue weighted by atomic mass is 35.5. The number of thiazole rings is 1. The third-order valence-electron chi connectivity index (χ3n) is 5.52. The highest BCUT2D eigenvalue weighted by Crippen LogP contribution is 2.36. The molecule has 6 nitrogen and oxygen atoms in total. The summed E-state index contributed by atoms with van der Waals surface area (Å²) in [7, 11) is -0.457. The molecule has 0 saturated carbocycles. The first-order chi connectivity index (χ1) is 15.3. The Balaban J connectivity index is 1.47. The summed E-state index contributed by atoms with van der Waals surface area (Å²) in [5.41, 5.74) is 1.73. The van der Waals surface area contributed by atoms with Gasteiger partial charge in [0.1, 0.15) is 5.82 Å². The number of hydrogen-bond donors (Lipinski definition) is 0. The molecule has 1 aliphatic heterocycles. The minimum Gasteiger partial charge on any atom is -0.493 e. The standard InChI is InChI=1S/C22H22ClFN2O4S2/c1-29-19-5-3-14(11-20(19)30-2)18-13-31-22(25-18)26-9-7-16(8-10-26)32(27,28)21-6-4-15(24)12-17(21)23/h3-6,11-13,16H,7-10H2,1-2H3. The third-order valence-corrected chi connectivity index (χ3v) is 9.17. The molecule has 10 heteroatoms. The van der Waals surface area contributed by atoms with Crippen LogP contribution in [0.5, 0.6) is 11.5 Å². The van der Waals surface area contributed by atoms with Gasteiger partial charge in [0.05, 0.1) is 35.1 Å². The summed E-state index contributed by atoms with van der Waals surface area (Å²) >= 11 is 7.52. The molecule has 0 N–H and O–H groups in total. The second kappa shape index (κ2) is 9.25. The smallest absolute Gasteiger partial charge is 0.185 e. The number of halogens is 2. The van der Waals surface area contributed by atoms with Crippen LogP contribution in [0, 0.1) is 5.82 Å². The van der Waals surface area contributed by atoms with E-state index in [9.17, 15) is 12.8 Å². The SMILES string of the molecule is COc1ccc(-c2csc(N3CCC(S(=O)(=O)c4ccc(F)cc4Cl)CC3)n2)cc1OC. The van der Waals surface area contributed by atoms with Crippen molar-refractivity contribution in [1.29, 1.82) is 0 Å². The maximum Gasteiger partial charge on any atom is 0.185 e. The first-order valence-corrected chi connectivity index (χ1v) is 12.8. The zero-order valence-electron chi connectivity index (χ0n) is 17.5. The van der Waals surface area contributed by atoms with Crippen LogP contribution in [0.15, 0.2) is 46.7 Å². The van der Waals surface area contributed by atoms with Crippen molar-refractivity contribution >= 4 is 37.9 Å². The van der Waals surface area contributed by atoms with E-state index in [0.29, 0.717) is 37.4 Å². The van der Waals surface area contributed by atoms with Gasteiger partial charge in [-0.25, -0.2) is 17.8 Å². The van der Waals surface area contributed by atoms with E-state index in [-0.39, 0.29) is 9.92 Å². The number of ether oxygens (including phenoxy) is 2. The number of methoxy groups -OCH3 is 2. The number of hydrogen-bond acceptors (Lipinski definition) is 7. The molecule has 0 bridgehead atoms. The van der Waals surface area contributed by atoms with Gasteiger partial charge < -0.3 is 14.4 Å². The molecule has 0 amide bonds. The van der Waals surface area contributed by atoms with E-state index >= 15 is 0 Å². The average molecular weight is 497 g/mol. The van der Waals surface area contributed by atoms with Gasteiger partial charge in [-0.05, 0) is 49.2 Å². The lowest BCUT2D eigenvalue weighted by Gasteiger charge is -2.31. The lowest BCUT2D eigenvalue weighted by atomic mass is 10.1. The Hall–Kier alpha value is -2.36. The minimum absolute atomic E-state index is 0.0102. The fourth-order valence-electron chi connectivity index (χ4n) is 3.78. The summed E-state index contributed by atoms with van der Waals surface area (Å²) in [5.74, 6) is 0.721. The van der Waals surface area contributed by atoms with Crippen LogP contribution in [-0.2, 0) is 9.84 Å². The molecular weight excluding hydrogens is 475 g/mol.